The van der Waals surface area contributed by atoms with Crippen LogP contribution in [0.3, 0.4) is 0 Å². The lowest BCUT2D eigenvalue weighted by Crippen LogP contribution is -2.35. The minimum absolute atomic E-state index is 0.00166. The van der Waals surface area contributed by atoms with Crippen LogP contribution < -0.4 is 4.31 Å². The number of fused-ring (bicyclic) bond motifs is 1. The van der Waals surface area contributed by atoms with E-state index in [1.807, 2.05) is 61.5 Å². The van der Waals surface area contributed by atoms with Gasteiger partial charge in [-0.25, -0.2) is 8.42 Å². The highest BCUT2D eigenvalue weighted by molar-refractivity contribution is 7.92. The van der Waals surface area contributed by atoms with Crippen molar-refractivity contribution in [2.24, 2.45) is 0 Å². The van der Waals surface area contributed by atoms with E-state index in [0.29, 0.717) is 19.6 Å². The maximum atomic E-state index is 12.7. The van der Waals surface area contributed by atoms with Gasteiger partial charge in [-0.3, -0.25) is 9.10 Å². The molecule has 0 aromatic heterocycles. The fraction of sp³-hybridized carbons (Fsp3) is 0.350. The summed E-state index contributed by atoms with van der Waals surface area (Å²) in [5.74, 6) is -0.293. The van der Waals surface area contributed by atoms with Crippen LogP contribution in [0.25, 0.3) is 0 Å². The third-order valence-electron chi connectivity index (χ3n) is 4.70. The number of carbonyl (C=O) groups is 1. The van der Waals surface area contributed by atoms with Gasteiger partial charge in [-0.1, -0.05) is 48.5 Å². The van der Waals surface area contributed by atoms with E-state index in [0.717, 1.165) is 23.2 Å². The summed E-state index contributed by atoms with van der Waals surface area (Å²) < 4.78 is 26.9. The second-order valence-corrected chi connectivity index (χ2v) is 8.42. The number of para-hydroxylation sites is 1. The molecule has 0 aliphatic carbocycles. The Hall–Kier alpha value is -2.34. The molecule has 0 unspecified atom stereocenters. The van der Waals surface area contributed by atoms with Crippen LogP contribution in [0.15, 0.2) is 54.6 Å². The fourth-order valence-corrected chi connectivity index (χ4v) is 4.76. The summed E-state index contributed by atoms with van der Waals surface area (Å²) in [6.45, 7) is 3.42. The SMILES string of the molecule is CCN(Cc1ccccc1)C(=O)CCS(=O)(=O)N1CCc2ccccc21. The van der Waals surface area contributed by atoms with Crippen molar-refractivity contribution in [3.05, 3.63) is 65.7 Å². The van der Waals surface area contributed by atoms with Crippen molar-refractivity contribution < 1.29 is 13.2 Å². The molecule has 0 spiro atoms. The van der Waals surface area contributed by atoms with Gasteiger partial charge in [-0.05, 0) is 30.5 Å². The van der Waals surface area contributed by atoms with E-state index in [9.17, 15) is 13.2 Å². The zero-order valence-corrected chi connectivity index (χ0v) is 15.8. The molecule has 1 heterocycles. The smallest absolute Gasteiger partial charge is 0.235 e. The van der Waals surface area contributed by atoms with Gasteiger partial charge in [0, 0.05) is 26.1 Å². The quantitative estimate of drug-likeness (QED) is 0.751. The van der Waals surface area contributed by atoms with E-state index < -0.39 is 10.0 Å². The standard InChI is InChI=1S/C20H24N2O3S/c1-2-21(16-17-8-4-3-5-9-17)20(23)13-15-26(24,25)22-14-12-18-10-6-7-11-19(18)22/h3-11H,2,12-16H2,1H3. The largest absolute Gasteiger partial charge is 0.339 e. The molecule has 2 aromatic carbocycles. The van der Waals surface area contributed by atoms with Crippen LogP contribution in [0.1, 0.15) is 24.5 Å². The zero-order chi connectivity index (χ0) is 18.6. The summed E-state index contributed by atoms with van der Waals surface area (Å²) in [4.78, 5) is 14.2. The average Bonchev–Trinajstić information content (AvgIpc) is 3.10. The van der Waals surface area contributed by atoms with E-state index >= 15 is 0 Å². The van der Waals surface area contributed by atoms with Crippen molar-refractivity contribution in [2.75, 3.05) is 23.1 Å². The third kappa shape index (κ3) is 4.07. The summed E-state index contributed by atoms with van der Waals surface area (Å²) in [5, 5.41) is 0. The molecule has 1 amide bonds. The lowest BCUT2D eigenvalue weighted by Gasteiger charge is -2.23. The number of rotatable bonds is 7. The Labute approximate surface area is 155 Å². The Morgan fingerprint density at radius 3 is 2.50 bits per heavy atom. The molecule has 0 fully saturated rings. The fourth-order valence-electron chi connectivity index (χ4n) is 3.26. The third-order valence-corrected chi connectivity index (χ3v) is 6.48. The Balaban J connectivity index is 1.63. The van der Waals surface area contributed by atoms with Crippen LogP contribution in [0.5, 0.6) is 0 Å². The number of anilines is 1. The molecular formula is C20H24N2O3S. The van der Waals surface area contributed by atoms with Crippen LogP contribution >= 0.6 is 0 Å². The Morgan fingerprint density at radius 1 is 1.08 bits per heavy atom. The van der Waals surface area contributed by atoms with Gasteiger partial charge in [0.05, 0.1) is 11.4 Å². The molecule has 2 aromatic rings. The van der Waals surface area contributed by atoms with E-state index in [1.54, 1.807) is 4.90 Å². The predicted molar refractivity (Wildman–Crippen MR) is 103 cm³/mol. The molecule has 138 valence electrons. The number of carbonyl (C=O) groups excluding carboxylic acids is 1. The van der Waals surface area contributed by atoms with Gasteiger partial charge < -0.3 is 4.90 Å². The van der Waals surface area contributed by atoms with Crippen molar-refractivity contribution in [3.8, 4) is 0 Å². The van der Waals surface area contributed by atoms with E-state index in [-0.39, 0.29) is 18.1 Å². The Morgan fingerprint density at radius 2 is 1.77 bits per heavy atom. The summed E-state index contributed by atoms with van der Waals surface area (Å²) in [7, 11) is -3.50. The first kappa shape index (κ1) is 18.5. The Bertz CT molecular complexity index is 866. The maximum Gasteiger partial charge on any atom is 0.235 e. The summed E-state index contributed by atoms with van der Waals surface area (Å²) >= 11 is 0. The zero-order valence-electron chi connectivity index (χ0n) is 15.0. The molecule has 0 saturated heterocycles. The second-order valence-electron chi connectivity index (χ2n) is 6.41. The number of amides is 1. The number of sulfonamides is 1. The van der Waals surface area contributed by atoms with Crippen LogP contribution in [0.4, 0.5) is 5.69 Å². The van der Waals surface area contributed by atoms with Crippen LogP contribution in [0, 0.1) is 0 Å². The first-order valence-electron chi connectivity index (χ1n) is 8.91. The highest BCUT2D eigenvalue weighted by Crippen LogP contribution is 2.30. The number of hydrogen-bond donors (Lipinski definition) is 0. The van der Waals surface area contributed by atoms with Crippen LogP contribution in [-0.2, 0) is 27.8 Å². The summed E-state index contributed by atoms with van der Waals surface area (Å²) in [5.41, 5.74) is 2.83. The Kier molecular flexibility index (Phi) is 5.61. The van der Waals surface area contributed by atoms with Crippen molar-refractivity contribution >= 4 is 21.6 Å². The first-order valence-corrected chi connectivity index (χ1v) is 10.5. The molecular weight excluding hydrogens is 348 g/mol. The topological polar surface area (TPSA) is 57.7 Å². The van der Waals surface area contributed by atoms with E-state index in [2.05, 4.69) is 0 Å². The average molecular weight is 372 g/mol. The van der Waals surface area contributed by atoms with Gasteiger partial charge in [-0.15, -0.1) is 0 Å². The van der Waals surface area contributed by atoms with Crippen molar-refractivity contribution in [1.29, 1.82) is 0 Å². The van der Waals surface area contributed by atoms with Gasteiger partial charge >= 0.3 is 0 Å². The van der Waals surface area contributed by atoms with Gasteiger partial charge in [0.2, 0.25) is 15.9 Å². The van der Waals surface area contributed by atoms with E-state index in [1.165, 1.54) is 4.31 Å². The monoisotopic (exact) mass is 372 g/mol. The molecule has 1 aliphatic heterocycles. The van der Waals surface area contributed by atoms with Crippen LogP contribution in [-0.4, -0.2) is 38.1 Å². The normalized spacial score (nSPS) is 13.5. The minimum Gasteiger partial charge on any atom is -0.339 e. The second kappa shape index (κ2) is 7.91. The molecule has 0 N–H and O–H groups in total. The molecule has 1 aliphatic rings. The van der Waals surface area contributed by atoms with Crippen molar-refractivity contribution in [1.82, 2.24) is 4.90 Å². The van der Waals surface area contributed by atoms with E-state index in [4.69, 9.17) is 0 Å². The molecule has 5 nitrogen and oxygen atoms in total. The van der Waals surface area contributed by atoms with Crippen LogP contribution in [0.2, 0.25) is 0 Å². The molecule has 0 bridgehead atoms. The molecule has 0 radical (unpaired) electrons. The molecule has 6 heteroatoms. The summed E-state index contributed by atoms with van der Waals surface area (Å²) in [6, 6.07) is 17.3. The van der Waals surface area contributed by atoms with Gasteiger partial charge in [0.25, 0.3) is 0 Å². The van der Waals surface area contributed by atoms with Gasteiger partial charge in [0.1, 0.15) is 0 Å². The molecule has 0 saturated carbocycles. The summed E-state index contributed by atoms with van der Waals surface area (Å²) in [6.07, 6.45) is 0.722. The predicted octanol–water partition coefficient (Wildman–Crippen LogP) is 2.82. The lowest BCUT2D eigenvalue weighted by molar-refractivity contribution is -0.131. The molecule has 3 rings (SSSR count). The highest BCUT2D eigenvalue weighted by atomic mass is 32.2. The minimum atomic E-state index is -3.50. The number of benzene rings is 2. The highest BCUT2D eigenvalue weighted by Gasteiger charge is 2.29. The van der Waals surface area contributed by atoms with Crippen molar-refractivity contribution in [2.45, 2.75) is 26.3 Å². The molecule has 26 heavy (non-hydrogen) atoms. The number of hydrogen-bond acceptors (Lipinski definition) is 3. The molecule has 0 atom stereocenters. The lowest BCUT2D eigenvalue weighted by atomic mass is 10.2. The van der Waals surface area contributed by atoms with Gasteiger partial charge in [0.15, 0.2) is 0 Å². The first-order chi connectivity index (χ1) is 12.5. The maximum absolute atomic E-state index is 12.7. The van der Waals surface area contributed by atoms with Gasteiger partial charge in [-0.2, -0.15) is 0 Å². The number of nitrogens with zero attached hydrogens (tertiary/aromatic N) is 2. The van der Waals surface area contributed by atoms with Crippen molar-refractivity contribution in [3.63, 3.8) is 0 Å².